The van der Waals surface area contributed by atoms with Crippen LogP contribution in [0.1, 0.15) is 42.1 Å². The lowest BCUT2D eigenvalue weighted by molar-refractivity contribution is 0.102. The van der Waals surface area contributed by atoms with E-state index < -0.39 is 0 Å². The molecule has 2 aromatic carbocycles. The summed E-state index contributed by atoms with van der Waals surface area (Å²) in [7, 11) is 0. The Bertz CT molecular complexity index is 1120. The van der Waals surface area contributed by atoms with E-state index in [2.05, 4.69) is 41.3 Å². The molecule has 1 amide bonds. The normalized spacial score (nSPS) is 12.1. The molecule has 0 aliphatic heterocycles. The second kappa shape index (κ2) is 7.64. The van der Waals surface area contributed by atoms with E-state index in [4.69, 9.17) is 4.42 Å². The number of oxazole rings is 1. The molecule has 4 aromatic rings. The van der Waals surface area contributed by atoms with Gasteiger partial charge in [-0.1, -0.05) is 26.0 Å². The van der Waals surface area contributed by atoms with Crippen molar-refractivity contribution in [1.82, 2.24) is 9.97 Å². The number of carbonyl (C=O) groups excluding carboxylic acids is 1. The van der Waals surface area contributed by atoms with Crippen molar-refractivity contribution < 1.29 is 9.21 Å². The summed E-state index contributed by atoms with van der Waals surface area (Å²) in [5.74, 6) is 0.811. The second-order valence-corrected chi connectivity index (χ2v) is 6.83. The van der Waals surface area contributed by atoms with Crippen LogP contribution in [0.4, 0.5) is 5.69 Å². The van der Waals surface area contributed by atoms with Crippen LogP contribution in [0.2, 0.25) is 0 Å². The van der Waals surface area contributed by atoms with Gasteiger partial charge in [0.2, 0.25) is 5.89 Å². The van der Waals surface area contributed by atoms with Crippen LogP contribution in [0.3, 0.4) is 0 Å². The highest BCUT2D eigenvalue weighted by molar-refractivity contribution is 6.04. The lowest BCUT2D eigenvalue weighted by Gasteiger charge is -2.07. The number of hydrogen-bond acceptors (Lipinski definition) is 4. The van der Waals surface area contributed by atoms with Gasteiger partial charge in [-0.2, -0.15) is 0 Å². The minimum absolute atomic E-state index is 0.207. The molecule has 0 spiro atoms. The molecular weight excluding hydrogens is 350 g/mol. The third-order valence-corrected chi connectivity index (χ3v) is 4.88. The summed E-state index contributed by atoms with van der Waals surface area (Å²) in [6.45, 7) is 4.38. The molecule has 0 aliphatic carbocycles. The van der Waals surface area contributed by atoms with Crippen LogP contribution in [-0.4, -0.2) is 15.9 Å². The number of rotatable bonds is 5. The zero-order chi connectivity index (χ0) is 19.5. The average molecular weight is 371 g/mol. The van der Waals surface area contributed by atoms with Crippen molar-refractivity contribution >= 4 is 22.7 Å². The fraction of sp³-hybridized carbons (Fsp3) is 0.174. The van der Waals surface area contributed by atoms with Gasteiger partial charge in [0.25, 0.3) is 5.91 Å². The molecule has 0 bridgehead atoms. The highest BCUT2D eigenvalue weighted by atomic mass is 16.3. The predicted molar refractivity (Wildman–Crippen MR) is 110 cm³/mol. The number of fused-ring (bicyclic) bond motifs is 1. The van der Waals surface area contributed by atoms with Crippen molar-refractivity contribution in [2.24, 2.45) is 0 Å². The summed E-state index contributed by atoms with van der Waals surface area (Å²) in [5, 5.41) is 2.89. The molecular formula is C23H21N3O2. The number of nitrogens with zero attached hydrogens (tertiary/aromatic N) is 2. The molecule has 0 saturated heterocycles. The van der Waals surface area contributed by atoms with E-state index in [1.807, 2.05) is 30.3 Å². The van der Waals surface area contributed by atoms with Crippen molar-refractivity contribution in [3.05, 3.63) is 78.1 Å². The molecule has 0 fully saturated rings. The van der Waals surface area contributed by atoms with Gasteiger partial charge in [0.15, 0.2) is 5.58 Å². The maximum absolute atomic E-state index is 12.3. The first-order valence-corrected chi connectivity index (χ1v) is 9.36. The molecule has 0 unspecified atom stereocenters. The van der Waals surface area contributed by atoms with Crippen LogP contribution in [0, 0.1) is 0 Å². The summed E-state index contributed by atoms with van der Waals surface area (Å²) in [6, 6.07) is 17.1. The molecule has 1 N–H and O–H groups in total. The number of amides is 1. The maximum atomic E-state index is 12.3. The predicted octanol–water partition coefficient (Wildman–Crippen LogP) is 5.66. The number of carbonyl (C=O) groups is 1. The summed E-state index contributed by atoms with van der Waals surface area (Å²) < 4.78 is 5.93. The Kier molecular flexibility index (Phi) is 4.89. The number of pyridine rings is 1. The van der Waals surface area contributed by atoms with Crippen LogP contribution in [-0.2, 0) is 0 Å². The molecule has 0 saturated carbocycles. The van der Waals surface area contributed by atoms with E-state index in [1.165, 1.54) is 11.8 Å². The highest BCUT2D eigenvalue weighted by Gasteiger charge is 2.12. The average Bonchev–Trinajstić information content (AvgIpc) is 3.17. The van der Waals surface area contributed by atoms with Crippen LogP contribution in [0.5, 0.6) is 0 Å². The van der Waals surface area contributed by atoms with Crippen molar-refractivity contribution in [1.29, 1.82) is 0 Å². The van der Waals surface area contributed by atoms with Gasteiger partial charge in [0.1, 0.15) is 5.52 Å². The first-order valence-electron chi connectivity index (χ1n) is 9.36. The SMILES string of the molecule is CC[C@@H](C)c1ccc2oc(-c3cccc(NC(=O)c4cccnc4)c3)nc2c1. The smallest absolute Gasteiger partial charge is 0.257 e. The van der Waals surface area contributed by atoms with Gasteiger partial charge in [0, 0.05) is 23.6 Å². The van der Waals surface area contributed by atoms with Crippen molar-refractivity contribution in [2.75, 3.05) is 5.32 Å². The standard InChI is InChI=1S/C23H21N3O2/c1-3-15(2)16-9-10-21-20(13-16)26-23(28-21)17-6-4-8-19(12-17)25-22(27)18-7-5-11-24-14-18/h4-15H,3H2,1-2H3,(H,25,27)/t15-/m1/s1. The van der Waals surface area contributed by atoms with E-state index in [0.29, 0.717) is 23.1 Å². The molecule has 5 heteroatoms. The molecule has 28 heavy (non-hydrogen) atoms. The van der Waals surface area contributed by atoms with Gasteiger partial charge in [-0.15, -0.1) is 0 Å². The third-order valence-electron chi connectivity index (χ3n) is 4.88. The van der Waals surface area contributed by atoms with Crippen LogP contribution >= 0.6 is 0 Å². The largest absolute Gasteiger partial charge is 0.436 e. The summed E-state index contributed by atoms with van der Waals surface area (Å²) in [5.41, 5.74) is 4.85. The van der Waals surface area contributed by atoms with Gasteiger partial charge < -0.3 is 9.73 Å². The maximum Gasteiger partial charge on any atom is 0.257 e. The quantitative estimate of drug-likeness (QED) is 0.492. The Balaban J connectivity index is 1.61. The first kappa shape index (κ1) is 17.9. The van der Waals surface area contributed by atoms with E-state index in [1.54, 1.807) is 18.3 Å². The molecule has 4 rings (SSSR count). The Morgan fingerprint density at radius 1 is 1.14 bits per heavy atom. The highest BCUT2D eigenvalue weighted by Crippen LogP contribution is 2.29. The summed E-state index contributed by atoms with van der Waals surface area (Å²) >= 11 is 0. The molecule has 0 aliphatic rings. The molecule has 140 valence electrons. The number of nitrogens with one attached hydrogen (secondary N) is 1. The van der Waals surface area contributed by atoms with Crippen LogP contribution < -0.4 is 5.32 Å². The lowest BCUT2D eigenvalue weighted by atomic mass is 9.98. The second-order valence-electron chi connectivity index (χ2n) is 6.83. The van der Waals surface area contributed by atoms with Gasteiger partial charge in [-0.3, -0.25) is 9.78 Å². The van der Waals surface area contributed by atoms with Gasteiger partial charge in [-0.25, -0.2) is 4.98 Å². The fourth-order valence-electron chi connectivity index (χ4n) is 3.04. The summed E-state index contributed by atoms with van der Waals surface area (Å²) in [4.78, 5) is 21.0. The first-order chi connectivity index (χ1) is 13.6. The van der Waals surface area contributed by atoms with Gasteiger partial charge in [0.05, 0.1) is 5.56 Å². The zero-order valence-corrected chi connectivity index (χ0v) is 15.8. The Hall–Kier alpha value is -3.47. The molecule has 5 nitrogen and oxygen atoms in total. The van der Waals surface area contributed by atoms with Crippen LogP contribution in [0.25, 0.3) is 22.6 Å². The van der Waals surface area contributed by atoms with Gasteiger partial charge >= 0.3 is 0 Å². The van der Waals surface area contributed by atoms with E-state index >= 15 is 0 Å². The Labute approximate surface area is 163 Å². The monoisotopic (exact) mass is 371 g/mol. The topological polar surface area (TPSA) is 68.0 Å². The molecule has 1 atom stereocenters. The Morgan fingerprint density at radius 3 is 2.82 bits per heavy atom. The number of benzene rings is 2. The van der Waals surface area contributed by atoms with E-state index in [0.717, 1.165) is 23.1 Å². The molecule has 0 radical (unpaired) electrons. The third kappa shape index (κ3) is 3.64. The minimum Gasteiger partial charge on any atom is -0.436 e. The van der Waals surface area contributed by atoms with Gasteiger partial charge in [-0.05, 0) is 60.4 Å². The van der Waals surface area contributed by atoms with Crippen molar-refractivity contribution in [2.45, 2.75) is 26.2 Å². The van der Waals surface area contributed by atoms with E-state index in [9.17, 15) is 4.79 Å². The van der Waals surface area contributed by atoms with E-state index in [-0.39, 0.29) is 5.91 Å². The zero-order valence-electron chi connectivity index (χ0n) is 15.8. The molecule has 2 heterocycles. The number of anilines is 1. The van der Waals surface area contributed by atoms with Crippen molar-refractivity contribution in [3.63, 3.8) is 0 Å². The molecule has 2 aromatic heterocycles. The number of aromatic nitrogens is 2. The minimum atomic E-state index is -0.207. The summed E-state index contributed by atoms with van der Waals surface area (Å²) in [6.07, 6.45) is 4.25. The fourth-order valence-corrected chi connectivity index (χ4v) is 3.04. The Morgan fingerprint density at radius 2 is 2.04 bits per heavy atom. The lowest BCUT2D eigenvalue weighted by Crippen LogP contribution is -2.11. The van der Waals surface area contributed by atoms with Crippen molar-refractivity contribution in [3.8, 4) is 11.5 Å². The van der Waals surface area contributed by atoms with Crippen LogP contribution in [0.15, 0.2) is 71.4 Å². The number of hydrogen-bond donors (Lipinski definition) is 1.